The van der Waals surface area contributed by atoms with E-state index < -0.39 is 5.97 Å². The summed E-state index contributed by atoms with van der Waals surface area (Å²) in [5, 5.41) is 9.06. The number of aryl methyl sites for hydroxylation is 1. The Morgan fingerprint density at radius 3 is 2.62 bits per heavy atom. The van der Waals surface area contributed by atoms with Crippen LogP contribution in [-0.2, 0) is 13.0 Å². The number of aromatic nitrogens is 1. The van der Waals surface area contributed by atoms with E-state index in [0.717, 1.165) is 31.5 Å². The molecule has 0 fully saturated rings. The van der Waals surface area contributed by atoms with E-state index in [0.29, 0.717) is 11.6 Å². The molecular weight excluding hydrogens is 202 g/mol. The average Bonchev–Trinajstić information content (AvgIpc) is 2.59. The van der Waals surface area contributed by atoms with Crippen LogP contribution >= 0.6 is 0 Å². The molecule has 3 heteroatoms. The first-order chi connectivity index (χ1) is 7.56. The van der Waals surface area contributed by atoms with Gasteiger partial charge in [-0.3, -0.25) is 0 Å². The van der Waals surface area contributed by atoms with E-state index in [1.165, 1.54) is 0 Å². The summed E-state index contributed by atoms with van der Waals surface area (Å²) in [5.41, 5.74) is 1.56. The number of hydrogen-bond donors (Lipinski definition) is 1. The van der Waals surface area contributed by atoms with Crippen LogP contribution in [0.25, 0.3) is 0 Å². The molecule has 3 nitrogen and oxygen atoms in total. The third-order valence-electron chi connectivity index (χ3n) is 2.72. The zero-order valence-electron chi connectivity index (χ0n) is 10.4. The minimum atomic E-state index is -0.829. The van der Waals surface area contributed by atoms with Crippen LogP contribution < -0.4 is 0 Å². The van der Waals surface area contributed by atoms with Crippen LogP contribution in [-0.4, -0.2) is 15.6 Å². The summed E-state index contributed by atoms with van der Waals surface area (Å²) >= 11 is 0. The molecule has 0 saturated carbocycles. The van der Waals surface area contributed by atoms with Crippen LogP contribution in [0, 0.1) is 5.92 Å². The highest BCUT2D eigenvalue weighted by atomic mass is 16.4. The molecular formula is C13H21NO2. The lowest BCUT2D eigenvalue weighted by molar-refractivity contribution is 0.0684. The summed E-state index contributed by atoms with van der Waals surface area (Å²) in [7, 11) is 0. The van der Waals surface area contributed by atoms with Crippen LogP contribution in [0.5, 0.6) is 0 Å². The zero-order chi connectivity index (χ0) is 12.1. The maximum atomic E-state index is 11.0. The molecule has 0 aromatic carbocycles. The Bertz CT molecular complexity index is 353. The summed E-state index contributed by atoms with van der Waals surface area (Å²) in [6.45, 7) is 7.23. The molecule has 90 valence electrons. The molecule has 0 unspecified atom stereocenters. The quantitative estimate of drug-likeness (QED) is 0.804. The predicted molar refractivity (Wildman–Crippen MR) is 64.8 cm³/mol. The number of aromatic carboxylic acids is 1. The van der Waals surface area contributed by atoms with Crippen molar-refractivity contribution in [2.75, 3.05) is 0 Å². The fraction of sp³-hybridized carbons (Fsp3) is 0.615. The molecule has 0 radical (unpaired) electrons. The molecule has 1 heterocycles. The molecule has 0 bridgehead atoms. The van der Waals surface area contributed by atoms with E-state index in [1.807, 2.05) is 10.6 Å². The van der Waals surface area contributed by atoms with Gasteiger partial charge in [-0.1, -0.05) is 20.8 Å². The number of hydrogen-bond acceptors (Lipinski definition) is 1. The van der Waals surface area contributed by atoms with Gasteiger partial charge in [0.2, 0.25) is 0 Å². The van der Waals surface area contributed by atoms with Gasteiger partial charge in [0.05, 0.1) is 0 Å². The van der Waals surface area contributed by atoms with Crippen molar-refractivity contribution in [1.82, 2.24) is 4.57 Å². The van der Waals surface area contributed by atoms with Crippen molar-refractivity contribution in [3.63, 3.8) is 0 Å². The highest BCUT2D eigenvalue weighted by Gasteiger charge is 2.13. The van der Waals surface area contributed by atoms with Gasteiger partial charge in [-0.05, 0) is 37.3 Å². The molecule has 1 aromatic rings. The Kier molecular flexibility index (Phi) is 4.59. The largest absolute Gasteiger partial charge is 0.477 e. The summed E-state index contributed by atoms with van der Waals surface area (Å²) in [6.07, 6.45) is 3.03. The van der Waals surface area contributed by atoms with Gasteiger partial charge < -0.3 is 9.67 Å². The Hall–Kier alpha value is -1.25. The molecule has 0 atom stereocenters. The minimum absolute atomic E-state index is 0.417. The van der Waals surface area contributed by atoms with Crippen molar-refractivity contribution >= 4 is 5.97 Å². The lowest BCUT2D eigenvalue weighted by Gasteiger charge is -2.11. The van der Waals surface area contributed by atoms with Gasteiger partial charge >= 0.3 is 5.97 Å². The molecule has 0 spiro atoms. The summed E-state index contributed by atoms with van der Waals surface area (Å²) in [4.78, 5) is 11.0. The summed E-state index contributed by atoms with van der Waals surface area (Å²) in [6, 6.07) is 3.66. The fourth-order valence-electron chi connectivity index (χ4n) is 1.84. The SMILES string of the molecule is CCCn1c(CCC(C)C)ccc1C(=O)O. The Balaban J connectivity index is 2.86. The van der Waals surface area contributed by atoms with Gasteiger partial charge in [0.1, 0.15) is 5.69 Å². The van der Waals surface area contributed by atoms with Crippen LogP contribution in [0.15, 0.2) is 12.1 Å². The third-order valence-corrected chi connectivity index (χ3v) is 2.72. The minimum Gasteiger partial charge on any atom is -0.477 e. The van der Waals surface area contributed by atoms with Crippen molar-refractivity contribution in [2.24, 2.45) is 5.92 Å². The standard InChI is InChI=1S/C13H21NO2/c1-4-9-14-11(6-5-10(2)3)7-8-12(14)13(15)16/h7-8,10H,4-6,9H2,1-3H3,(H,15,16). The fourth-order valence-corrected chi connectivity index (χ4v) is 1.84. The van der Waals surface area contributed by atoms with Gasteiger partial charge in [0.15, 0.2) is 0 Å². The van der Waals surface area contributed by atoms with E-state index in [-0.39, 0.29) is 0 Å². The van der Waals surface area contributed by atoms with E-state index in [2.05, 4.69) is 20.8 Å². The number of rotatable bonds is 6. The lowest BCUT2D eigenvalue weighted by Crippen LogP contribution is -2.11. The molecule has 0 aliphatic rings. The smallest absolute Gasteiger partial charge is 0.352 e. The van der Waals surface area contributed by atoms with Crippen molar-refractivity contribution < 1.29 is 9.90 Å². The first kappa shape index (κ1) is 12.8. The topological polar surface area (TPSA) is 42.2 Å². The van der Waals surface area contributed by atoms with Crippen LogP contribution in [0.3, 0.4) is 0 Å². The second-order valence-corrected chi connectivity index (χ2v) is 4.60. The van der Waals surface area contributed by atoms with Gasteiger partial charge in [-0.15, -0.1) is 0 Å². The van der Waals surface area contributed by atoms with Gasteiger partial charge in [0, 0.05) is 12.2 Å². The van der Waals surface area contributed by atoms with Gasteiger partial charge in [0.25, 0.3) is 0 Å². The van der Waals surface area contributed by atoms with Crippen LogP contribution in [0.1, 0.15) is 49.8 Å². The van der Waals surface area contributed by atoms with Crippen molar-refractivity contribution in [3.8, 4) is 0 Å². The first-order valence-electron chi connectivity index (χ1n) is 5.98. The molecule has 1 N–H and O–H groups in total. The monoisotopic (exact) mass is 223 g/mol. The van der Waals surface area contributed by atoms with Crippen molar-refractivity contribution in [3.05, 3.63) is 23.5 Å². The van der Waals surface area contributed by atoms with E-state index >= 15 is 0 Å². The average molecular weight is 223 g/mol. The van der Waals surface area contributed by atoms with Crippen LogP contribution in [0.4, 0.5) is 0 Å². The number of carbonyl (C=O) groups is 1. The predicted octanol–water partition coefficient (Wildman–Crippen LogP) is 3.18. The van der Waals surface area contributed by atoms with Crippen LogP contribution in [0.2, 0.25) is 0 Å². The van der Waals surface area contributed by atoms with Crippen molar-refractivity contribution in [1.29, 1.82) is 0 Å². The Morgan fingerprint density at radius 1 is 1.44 bits per heavy atom. The van der Waals surface area contributed by atoms with Crippen molar-refractivity contribution in [2.45, 2.75) is 46.6 Å². The molecule has 0 saturated heterocycles. The Labute approximate surface area is 97.1 Å². The van der Waals surface area contributed by atoms with E-state index in [9.17, 15) is 4.79 Å². The number of nitrogens with zero attached hydrogens (tertiary/aromatic N) is 1. The molecule has 0 aliphatic heterocycles. The summed E-state index contributed by atoms with van der Waals surface area (Å²) in [5.74, 6) is -0.178. The molecule has 0 aliphatic carbocycles. The second-order valence-electron chi connectivity index (χ2n) is 4.60. The highest BCUT2D eigenvalue weighted by molar-refractivity contribution is 5.86. The lowest BCUT2D eigenvalue weighted by atomic mass is 10.1. The maximum Gasteiger partial charge on any atom is 0.352 e. The molecule has 0 amide bonds. The second kappa shape index (κ2) is 5.73. The number of carboxylic acid groups (broad SMARTS) is 1. The molecule has 1 aromatic heterocycles. The zero-order valence-corrected chi connectivity index (χ0v) is 10.4. The third kappa shape index (κ3) is 3.12. The molecule has 16 heavy (non-hydrogen) atoms. The maximum absolute atomic E-state index is 11.0. The van der Waals surface area contributed by atoms with E-state index in [4.69, 9.17) is 5.11 Å². The molecule has 1 rings (SSSR count). The highest BCUT2D eigenvalue weighted by Crippen LogP contribution is 2.15. The van der Waals surface area contributed by atoms with Gasteiger partial charge in [-0.25, -0.2) is 4.79 Å². The Morgan fingerprint density at radius 2 is 2.12 bits per heavy atom. The first-order valence-corrected chi connectivity index (χ1v) is 5.98. The summed E-state index contributed by atoms with van der Waals surface area (Å²) < 4.78 is 1.94. The van der Waals surface area contributed by atoms with Gasteiger partial charge in [-0.2, -0.15) is 0 Å². The van der Waals surface area contributed by atoms with E-state index in [1.54, 1.807) is 6.07 Å². The normalized spacial score (nSPS) is 11.0. The number of carboxylic acids is 1.